The van der Waals surface area contributed by atoms with Gasteiger partial charge in [0, 0.05) is 42.7 Å². The van der Waals surface area contributed by atoms with Crippen molar-refractivity contribution in [3.63, 3.8) is 0 Å². The average molecular weight is 453 g/mol. The Kier molecular flexibility index (Phi) is 4.51. The third-order valence-corrected chi connectivity index (χ3v) is 7.16. The van der Waals surface area contributed by atoms with Crippen molar-refractivity contribution >= 4 is 43.4 Å². The van der Waals surface area contributed by atoms with Crippen LogP contribution in [-0.2, 0) is 0 Å². The average Bonchev–Trinajstić information content (AvgIpc) is 3.56. The number of thiazole rings is 1. The molecule has 0 radical (unpaired) electrons. The number of nitrogens with one attached hydrogen (secondary N) is 1. The number of halogens is 2. The summed E-state index contributed by atoms with van der Waals surface area (Å²) in [5.74, 6) is 0.773. The zero-order valence-corrected chi connectivity index (χ0v) is 18.4. The molecule has 0 spiro atoms. The van der Waals surface area contributed by atoms with Crippen LogP contribution in [0.1, 0.15) is 30.1 Å². The van der Waals surface area contributed by atoms with Crippen molar-refractivity contribution < 1.29 is 8.78 Å². The van der Waals surface area contributed by atoms with E-state index in [1.807, 2.05) is 6.07 Å². The smallest absolute Gasteiger partial charge is 0.181 e. The van der Waals surface area contributed by atoms with Crippen LogP contribution in [0.3, 0.4) is 0 Å². The van der Waals surface area contributed by atoms with Gasteiger partial charge in [-0.3, -0.25) is 0 Å². The van der Waals surface area contributed by atoms with Crippen LogP contribution >= 0.6 is 11.3 Å². The van der Waals surface area contributed by atoms with Crippen molar-refractivity contribution in [2.24, 2.45) is 0 Å². The summed E-state index contributed by atoms with van der Waals surface area (Å²) >= 11 is 1.08. The molecule has 9 heteroatoms. The van der Waals surface area contributed by atoms with Crippen LogP contribution < -0.4 is 16.0 Å². The van der Waals surface area contributed by atoms with E-state index in [0.29, 0.717) is 32.7 Å². The number of piperazine rings is 1. The van der Waals surface area contributed by atoms with E-state index in [1.54, 1.807) is 13.0 Å². The van der Waals surface area contributed by atoms with Crippen LogP contribution in [0.5, 0.6) is 0 Å². The minimum atomic E-state index is -0.397. The number of aryl methyl sites for hydroxylation is 1. The molecule has 4 aromatic rings. The third kappa shape index (κ3) is 3.10. The second-order valence-electron chi connectivity index (χ2n) is 8.48. The van der Waals surface area contributed by atoms with Gasteiger partial charge in [-0.2, -0.15) is 0 Å². The maximum absolute atomic E-state index is 16.3. The number of nitrogens with zero attached hydrogens (tertiary/aromatic N) is 4. The van der Waals surface area contributed by atoms with Crippen LogP contribution in [0.15, 0.2) is 18.2 Å². The second kappa shape index (κ2) is 7.31. The molecule has 164 valence electrons. The zero-order chi connectivity index (χ0) is 22.0. The van der Waals surface area contributed by atoms with Gasteiger partial charge in [0.25, 0.3) is 0 Å². The first-order valence-corrected chi connectivity index (χ1v) is 11.6. The Hall–Kier alpha value is -2.91. The maximum Gasteiger partial charge on any atom is 0.181 e. The molecule has 2 aromatic heterocycles. The third-order valence-electron chi connectivity index (χ3n) is 6.27. The summed E-state index contributed by atoms with van der Waals surface area (Å²) in [7, 11) is 0. The van der Waals surface area contributed by atoms with Crippen molar-refractivity contribution in [2.45, 2.75) is 25.7 Å². The number of rotatable bonds is 3. The first-order valence-electron chi connectivity index (χ1n) is 10.8. The lowest BCUT2D eigenvalue weighted by molar-refractivity contribution is 0.585. The van der Waals surface area contributed by atoms with Crippen LogP contribution in [-0.4, -0.2) is 41.1 Å². The van der Waals surface area contributed by atoms with Crippen LogP contribution in [0.4, 0.5) is 19.7 Å². The normalized spacial score (nSPS) is 16.9. The molecule has 2 aromatic carbocycles. The van der Waals surface area contributed by atoms with E-state index in [2.05, 4.69) is 20.2 Å². The van der Waals surface area contributed by atoms with Crippen LogP contribution in [0.25, 0.3) is 32.2 Å². The van der Waals surface area contributed by atoms with Gasteiger partial charge in [0.15, 0.2) is 10.9 Å². The molecule has 0 unspecified atom stereocenters. The van der Waals surface area contributed by atoms with Crippen molar-refractivity contribution in [1.29, 1.82) is 0 Å². The number of hydrogen-bond acceptors (Lipinski definition) is 7. The van der Waals surface area contributed by atoms with Gasteiger partial charge in [-0.1, -0.05) is 11.3 Å². The van der Waals surface area contributed by atoms with Crippen molar-refractivity contribution in [3.05, 3.63) is 41.2 Å². The Morgan fingerprint density at radius 1 is 1.09 bits per heavy atom. The summed E-state index contributed by atoms with van der Waals surface area (Å²) in [6.45, 7) is 5.13. The zero-order valence-electron chi connectivity index (χ0n) is 17.6. The molecule has 0 bridgehead atoms. The van der Waals surface area contributed by atoms with Crippen LogP contribution in [0, 0.1) is 18.6 Å². The molecule has 1 saturated carbocycles. The predicted octanol–water partition coefficient (Wildman–Crippen LogP) is 4.36. The molecule has 1 aliphatic carbocycles. The molecule has 3 heterocycles. The predicted molar refractivity (Wildman–Crippen MR) is 124 cm³/mol. The van der Waals surface area contributed by atoms with Gasteiger partial charge >= 0.3 is 0 Å². The quantitative estimate of drug-likeness (QED) is 0.481. The molecule has 0 amide bonds. The lowest BCUT2D eigenvalue weighted by Gasteiger charge is -2.29. The number of anilines is 2. The first kappa shape index (κ1) is 19.8. The number of fused-ring (bicyclic) bond motifs is 2. The fourth-order valence-electron chi connectivity index (χ4n) is 4.64. The maximum atomic E-state index is 16.3. The Balaban J connectivity index is 1.66. The van der Waals surface area contributed by atoms with Gasteiger partial charge in [-0.25, -0.2) is 23.7 Å². The molecular formula is C23H22F2N6S. The molecule has 6 rings (SSSR count). The summed E-state index contributed by atoms with van der Waals surface area (Å²) in [4.78, 5) is 15.7. The topological polar surface area (TPSA) is 80.0 Å². The molecule has 0 atom stereocenters. The first-order chi connectivity index (χ1) is 15.5. The highest BCUT2D eigenvalue weighted by Crippen LogP contribution is 2.49. The lowest BCUT2D eigenvalue weighted by atomic mass is 9.93. The van der Waals surface area contributed by atoms with Crippen LogP contribution in [0.2, 0.25) is 0 Å². The largest absolute Gasteiger partial charge is 0.375 e. The Labute approximate surface area is 187 Å². The number of nitrogens with two attached hydrogens (primary N) is 1. The van der Waals surface area contributed by atoms with Gasteiger partial charge in [-0.05, 0) is 49.4 Å². The van der Waals surface area contributed by atoms with Crippen molar-refractivity contribution in [1.82, 2.24) is 20.3 Å². The highest BCUT2D eigenvalue weighted by atomic mass is 32.1. The fraction of sp³-hybridized carbons (Fsp3) is 0.348. The Bertz CT molecular complexity index is 1370. The van der Waals surface area contributed by atoms with Gasteiger partial charge in [0.2, 0.25) is 0 Å². The summed E-state index contributed by atoms with van der Waals surface area (Å²) in [5, 5.41) is 4.34. The van der Waals surface area contributed by atoms with Crippen molar-refractivity contribution in [3.8, 4) is 11.1 Å². The Morgan fingerprint density at radius 2 is 1.88 bits per heavy atom. The number of nitrogen functional groups attached to an aromatic ring is 1. The van der Waals surface area contributed by atoms with Gasteiger partial charge < -0.3 is 16.0 Å². The highest BCUT2D eigenvalue weighted by Gasteiger charge is 2.32. The SMILES string of the molecule is Cc1nc(N2CCNCC2)c2cc(C3CC3)c(-c3ccc(F)c4sc(N)nc34)c(F)c2n1. The second-order valence-corrected chi connectivity index (χ2v) is 9.51. The standard InChI is InChI=1S/C23H22F2N6S/c1-11-28-19-15(22(29-11)31-8-6-27-7-9-31)10-14(12-2-3-12)17(18(19)25)13-4-5-16(24)21-20(13)30-23(26)32-21/h4-5,10,12,27H,2-3,6-9H2,1H3,(H2,26,30). The highest BCUT2D eigenvalue weighted by molar-refractivity contribution is 7.22. The minimum absolute atomic E-state index is 0.261. The molecule has 3 N–H and O–H groups in total. The molecule has 1 aliphatic heterocycles. The van der Waals surface area contributed by atoms with E-state index in [9.17, 15) is 4.39 Å². The van der Waals surface area contributed by atoms with Gasteiger partial charge in [-0.15, -0.1) is 0 Å². The van der Waals surface area contributed by atoms with Crippen molar-refractivity contribution in [2.75, 3.05) is 36.8 Å². The van der Waals surface area contributed by atoms with E-state index in [4.69, 9.17) is 10.7 Å². The van der Waals surface area contributed by atoms with E-state index < -0.39 is 11.6 Å². The molecule has 6 nitrogen and oxygen atoms in total. The summed E-state index contributed by atoms with van der Waals surface area (Å²) in [5.41, 5.74) is 8.52. The molecular weight excluding hydrogens is 430 g/mol. The Morgan fingerprint density at radius 3 is 2.62 bits per heavy atom. The molecule has 2 fully saturated rings. The molecule has 1 saturated heterocycles. The van der Waals surface area contributed by atoms with E-state index in [-0.39, 0.29) is 11.0 Å². The van der Waals surface area contributed by atoms with Gasteiger partial charge in [0.05, 0.1) is 10.2 Å². The molecule has 32 heavy (non-hydrogen) atoms. The monoisotopic (exact) mass is 452 g/mol. The van der Waals surface area contributed by atoms with E-state index in [1.165, 1.54) is 6.07 Å². The van der Waals surface area contributed by atoms with E-state index >= 15 is 4.39 Å². The minimum Gasteiger partial charge on any atom is -0.375 e. The summed E-state index contributed by atoms with van der Waals surface area (Å²) in [6, 6.07) is 5.03. The summed E-state index contributed by atoms with van der Waals surface area (Å²) < 4.78 is 31.1. The lowest BCUT2D eigenvalue weighted by Crippen LogP contribution is -2.44. The van der Waals surface area contributed by atoms with Gasteiger partial charge in [0.1, 0.15) is 23.0 Å². The number of hydrogen-bond donors (Lipinski definition) is 2. The number of benzene rings is 2. The number of aromatic nitrogens is 3. The summed E-state index contributed by atoms with van der Waals surface area (Å²) in [6.07, 6.45) is 1.99. The fourth-order valence-corrected chi connectivity index (χ4v) is 5.41. The molecule has 2 aliphatic rings. The van der Waals surface area contributed by atoms with E-state index in [0.717, 1.165) is 67.1 Å².